The summed E-state index contributed by atoms with van der Waals surface area (Å²) in [6.45, 7) is 4.28. The predicted octanol–water partition coefficient (Wildman–Crippen LogP) is 3.92. The zero-order valence-electron chi connectivity index (χ0n) is 11.6. The minimum absolute atomic E-state index is 0.218. The molecule has 1 fully saturated rings. The van der Waals surface area contributed by atoms with Crippen LogP contribution in [0.3, 0.4) is 0 Å². The van der Waals surface area contributed by atoms with Crippen molar-refractivity contribution in [3.05, 3.63) is 34.9 Å². The molecule has 1 aliphatic rings. The molecule has 0 spiro atoms. The number of hydrogen-bond donors (Lipinski definition) is 0. The molecule has 1 aliphatic heterocycles. The van der Waals surface area contributed by atoms with E-state index in [0.29, 0.717) is 6.54 Å². The van der Waals surface area contributed by atoms with Gasteiger partial charge in [0.15, 0.2) is 0 Å². The van der Waals surface area contributed by atoms with E-state index in [0.717, 1.165) is 29.5 Å². The van der Waals surface area contributed by atoms with E-state index in [1.165, 1.54) is 4.90 Å². The summed E-state index contributed by atoms with van der Waals surface area (Å²) in [5.41, 5.74) is 3.05. The van der Waals surface area contributed by atoms with E-state index in [1.54, 1.807) is 0 Å². The van der Waals surface area contributed by atoms with Crippen molar-refractivity contribution >= 4 is 5.91 Å². The standard InChI is InChI=1S/C15H18F3NO/c1-10-5-6-11(2)12(8-10)13-4-3-7-19(13)14(20)9-15(16,17)18/h5-6,8,13H,3-4,7,9H2,1-2H3/t13-/m0/s1. The minimum Gasteiger partial charge on any atom is -0.335 e. The molecule has 0 radical (unpaired) electrons. The van der Waals surface area contributed by atoms with Crippen LogP contribution in [-0.4, -0.2) is 23.5 Å². The van der Waals surface area contributed by atoms with Crippen LogP contribution in [0.4, 0.5) is 13.2 Å². The Kier molecular flexibility index (Phi) is 4.06. The van der Waals surface area contributed by atoms with Gasteiger partial charge in [0.25, 0.3) is 0 Å². The monoisotopic (exact) mass is 285 g/mol. The average molecular weight is 285 g/mol. The fourth-order valence-corrected chi connectivity index (χ4v) is 2.78. The van der Waals surface area contributed by atoms with Crippen molar-refractivity contribution in [1.29, 1.82) is 0 Å². The summed E-state index contributed by atoms with van der Waals surface area (Å²) in [6.07, 6.45) is -4.32. The summed E-state index contributed by atoms with van der Waals surface area (Å²) in [7, 11) is 0. The molecular formula is C15H18F3NO. The number of alkyl halides is 3. The van der Waals surface area contributed by atoms with E-state index in [2.05, 4.69) is 0 Å². The number of likely N-dealkylation sites (tertiary alicyclic amines) is 1. The lowest BCUT2D eigenvalue weighted by Gasteiger charge is -2.27. The van der Waals surface area contributed by atoms with Crippen LogP contribution in [0.2, 0.25) is 0 Å². The Hall–Kier alpha value is -1.52. The number of halogens is 3. The molecule has 0 N–H and O–H groups in total. The molecule has 5 heteroatoms. The molecule has 110 valence electrons. The molecule has 0 saturated carbocycles. The number of carbonyl (C=O) groups is 1. The summed E-state index contributed by atoms with van der Waals surface area (Å²) >= 11 is 0. The normalized spacial score (nSPS) is 19.4. The zero-order valence-corrected chi connectivity index (χ0v) is 11.6. The lowest BCUT2D eigenvalue weighted by Crippen LogP contribution is -2.34. The first-order valence-corrected chi connectivity index (χ1v) is 6.71. The van der Waals surface area contributed by atoms with Crippen LogP contribution in [0.15, 0.2) is 18.2 Å². The van der Waals surface area contributed by atoms with Crippen LogP contribution < -0.4 is 0 Å². The molecule has 1 saturated heterocycles. The van der Waals surface area contributed by atoms with Gasteiger partial charge < -0.3 is 4.90 Å². The summed E-state index contributed by atoms with van der Waals surface area (Å²) < 4.78 is 37.2. The number of nitrogens with zero attached hydrogens (tertiary/aromatic N) is 1. The van der Waals surface area contributed by atoms with Crippen LogP contribution in [0, 0.1) is 13.8 Å². The Labute approximate surface area is 116 Å². The second-order valence-corrected chi connectivity index (χ2v) is 5.40. The summed E-state index contributed by atoms with van der Waals surface area (Å²) in [6, 6.07) is 5.68. The predicted molar refractivity (Wildman–Crippen MR) is 70.3 cm³/mol. The lowest BCUT2D eigenvalue weighted by atomic mass is 9.97. The number of rotatable bonds is 2. The first-order valence-electron chi connectivity index (χ1n) is 6.71. The Morgan fingerprint density at radius 3 is 2.70 bits per heavy atom. The molecule has 1 aromatic rings. The quantitative estimate of drug-likeness (QED) is 0.806. The maximum absolute atomic E-state index is 12.4. The molecule has 0 aromatic heterocycles. The van der Waals surface area contributed by atoms with Gasteiger partial charge in [0.1, 0.15) is 6.42 Å². The van der Waals surface area contributed by atoms with Crippen molar-refractivity contribution in [2.45, 2.75) is 45.3 Å². The van der Waals surface area contributed by atoms with E-state index >= 15 is 0 Å². The van der Waals surface area contributed by atoms with Crippen LogP contribution in [0.5, 0.6) is 0 Å². The second-order valence-electron chi connectivity index (χ2n) is 5.40. The highest BCUT2D eigenvalue weighted by molar-refractivity contribution is 5.77. The first-order chi connectivity index (χ1) is 9.28. The molecule has 1 aromatic carbocycles. The summed E-state index contributed by atoms with van der Waals surface area (Å²) in [5.74, 6) is -0.819. The van der Waals surface area contributed by atoms with Gasteiger partial charge in [-0.3, -0.25) is 4.79 Å². The van der Waals surface area contributed by atoms with Gasteiger partial charge in [0.05, 0.1) is 6.04 Å². The van der Waals surface area contributed by atoms with Crippen molar-refractivity contribution in [2.24, 2.45) is 0 Å². The molecule has 0 bridgehead atoms. The average Bonchev–Trinajstić information content (AvgIpc) is 2.79. The maximum Gasteiger partial charge on any atom is 0.397 e. The summed E-state index contributed by atoms with van der Waals surface area (Å²) in [4.78, 5) is 13.2. The maximum atomic E-state index is 12.4. The minimum atomic E-state index is -4.44. The van der Waals surface area contributed by atoms with Crippen molar-refractivity contribution in [3.8, 4) is 0 Å². The molecule has 0 aliphatic carbocycles. The molecular weight excluding hydrogens is 267 g/mol. The van der Waals surface area contributed by atoms with Crippen LogP contribution in [-0.2, 0) is 4.79 Å². The SMILES string of the molecule is Cc1ccc(C)c([C@@H]2CCCN2C(=O)CC(F)(F)F)c1. The molecule has 0 unspecified atom stereocenters. The number of benzene rings is 1. The van der Waals surface area contributed by atoms with E-state index in [-0.39, 0.29) is 6.04 Å². The molecule has 2 nitrogen and oxygen atoms in total. The van der Waals surface area contributed by atoms with Gasteiger partial charge in [-0.2, -0.15) is 13.2 Å². The van der Waals surface area contributed by atoms with Gasteiger partial charge in [0.2, 0.25) is 5.91 Å². The first kappa shape index (κ1) is 14.9. The third-order valence-corrected chi connectivity index (χ3v) is 3.72. The molecule has 1 amide bonds. The highest BCUT2D eigenvalue weighted by Crippen LogP contribution is 2.35. The Balaban J connectivity index is 2.23. The molecule has 1 heterocycles. The van der Waals surface area contributed by atoms with Gasteiger partial charge in [0, 0.05) is 6.54 Å². The highest BCUT2D eigenvalue weighted by Gasteiger charge is 2.38. The van der Waals surface area contributed by atoms with E-state index < -0.39 is 18.5 Å². The third kappa shape index (κ3) is 3.32. The fraction of sp³-hybridized carbons (Fsp3) is 0.533. The fourth-order valence-electron chi connectivity index (χ4n) is 2.78. The van der Waals surface area contributed by atoms with E-state index in [4.69, 9.17) is 0 Å². The van der Waals surface area contributed by atoms with E-state index in [1.807, 2.05) is 32.0 Å². The Bertz CT molecular complexity index is 510. The van der Waals surface area contributed by atoms with Gasteiger partial charge >= 0.3 is 6.18 Å². The Morgan fingerprint density at radius 2 is 2.05 bits per heavy atom. The van der Waals surface area contributed by atoms with Crippen LogP contribution in [0.25, 0.3) is 0 Å². The molecule has 1 atom stereocenters. The molecule has 2 rings (SSSR count). The number of aryl methyl sites for hydroxylation is 2. The van der Waals surface area contributed by atoms with Crippen molar-refractivity contribution in [1.82, 2.24) is 4.90 Å². The highest BCUT2D eigenvalue weighted by atomic mass is 19.4. The van der Waals surface area contributed by atoms with Crippen LogP contribution >= 0.6 is 0 Å². The molecule has 20 heavy (non-hydrogen) atoms. The van der Waals surface area contributed by atoms with Crippen molar-refractivity contribution in [2.75, 3.05) is 6.54 Å². The summed E-state index contributed by atoms with van der Waals surface area (Å²) in [5, 5.41) is 0. The second kappa shape index (κ2) is 5.46. The van der Waals surface area contributed by atoms with Crippen molar-refractivity contribution in [3.63, 3.8) is 0 Å². The van der Waals surface area contributed by atoms with Gasteiger partial charge in [-0.1, -0.05) is 23.8 Å². The third-order valence-electron chi connectivity index (χ3n) is 3.72. The lowest BCUT2D eigenvalue weighted by molar-refractivity contribution is -0.162. The largest absolute Gasteiger partial charge is 0.397 e. The zero-order chi connectivity index (χ0) is 14.9. The van der Waals surface area contributed by atoms with Gasteiger partial charge in [-0.05, 0) is 37.8 Å². The van der Waals surface area contributed by atoms with Gasteiger partial charge in [-0.15, -0.1) is 0 Å². The van der Waals surface area contributed by atoms with Crippen molar-refractivity contribution < 1.29 is 18.0 Å². The van der Waals surface area contributed by atoms with Crippen LogP contribution in [0.1, 0.15) is 42.0 Å². The van der Waals surface area contributed by atoms with E-state index in [9.17, 15) is 18.0 Å². The topological polar surface area (TPSA) is 20.3 Å². The smallest absolute Gasteiger partial charge is 0.335 e. The number of hydrogen-bond acceptors (Lipinski definition) is 1. The Morgan fingerprint density at radius 1 is 1.35 bits per heavy atom. The number of amides is 1. The number of carbonyl (C=O) groups excluding carboxylic acids is 1. The van der Waals surface area contributed by atoms with Gasteiger partial charge in [-0.25, -0.2) is 0 Å².